The molecule has 0 saturated heterocycles. The average Bonchev–Trinajstić information content (AvgIpc) is 2.18. The van der Waals surface area contributed by atoms with Gasteiger partial charge < -0.3 is 5.32 Å². The molecule has 14 heavy (non-hydrogen) atoms. The number of benzene rings is 1. The first-order valence-electron chi connectivity index (χ1n) is 4.36. The molecule has 0 amide bonds. The number of halogens is 2. The normalized spacial score (nSPS) is 9.50. The molecule has 0 aromatic heterocycles. The van der Waals surface area contributed by atoms with Crippen LogP contribution in [0.1, 0.15) is 12.8 Å². The SMILES string of the molecule is C#CCCCNc1cc(F)ccc1Cl. The highest BCUT2D eigenvalue weighted by atomic mass is 35.5. The van der Waals surface area contributed by atoms with Crippen LogP contribution in [0.4, 0.5) is 10.1 Å². The van der Waals surface area contributed by atoms with E-state index in [9.17, 15) is 4.39 Å². The summed E-state index contributed by atoms with van der Waals surface area (Å²) in [6.45, 7) is 0.702. The molecular weight excluding hydrogens is 201 g/mol. The van der Waals surface area contributed by atoms with Crippen LogP contribution in [-0.2, 0) is 0 Å². The lowest BCUT2D eigenvalue weighted by Gasteiger charge is -2.06. The lowest BCUT2D eigenvalue weighted by atomic mass is 10.3. The Hall–Kier alpha value is -1.20. The largest absolute Gasteiger partial charge is 0.384 e. The summed E-state index contributed by atoms with van der Waals surface area (Å²) in [7, 11) is 0. The number of hydrogen-bond acceptors (Lipinski definition) is 1. The van der Waals surface area contributed by atoms with Crippen LogP contribution in [0.2, 0.25) is 5.02 Å². The summed E-state index contributed by atoms with van der Waals surface area (Å²) in [5, 5.41) is 3.54. The predicted octanol–water partition coefficient (Wildman–Crippen LogP) is 3.30. The molecule has 0 unspecified atom stereocenters. The first-order chi connectivity index (χ1) is 6.74. The number of hydrogen-bond donors (Lipinski definition) is 1. The molecule has 1 N–H and O–H groups in total. The van der Waals surface area contributed by atoms with Crippen molar-refractivity contribution in [2.45, 2.75) is 12.8 Å². The zero-order valence-electron chi connectivity index (χ0n) is 7.69. The van der Waals surface area contributed by atoms with Crippen molar-refractivity contribution in [3.05, 3.63) is 29.0 Å². The molecule has 0 aliphatic rings. The van der Waals surface area contributed by atoms with Crippen molar-refractivity contribution in [3.63, 3.8) is 0 Å². The molecule has 0 heterocycles. The Balaban J connectivity index is 2.50. The van der Waals surface area contributed by atoms with Crippen LogP contribution in [0.15, 0.2) is 18.2 Å². The molecule has 0 atom stereocenters. The second-order valence-electron chi connectivity index (χ2n) is 2.86. The van der Waals surface area contributed by atoms with Gasteiger partial charge >= 0.3 is 0 Å². The zero-order chi connectivity index (χ0) is 10.4. The van der Waals surface area contributed by atoms with Crippen LogP contribution in [0.3, 0.4) is 0 Å². The summed E-state index contributed by atoms with van der Waals surface area (Å²) < 4.78 is 12.8. The van der Waals surface area contributed by atoms with Gasteiger partial charge in [0.2, 0.25) is 0 Å². The van der Waals surface area contributed by atoms with E-state index >= 15 is 0 Å². The molecule has 0 radical (unpaired) electrons. The van der Waals surface area contributed by atoms with Gasteiger partial charge in [0, 0.05) is 13.0 Å². The van der Waals surface area contributed by atoms with Gasteiger partial charge in [-0.05, 0) is 24.6 Å². The van der Waals surface area contributed by atoms with Crippen molar-refractivity contribution in [1.29, 1.82) is 0 Å². The van der Waals surface area contributed by atoms with Crippen LogP contribution in [-0.4, -0.2) is 6.54 Å². The zero-order valence-corrected chi connectivity index (χ0v) is 8.44. The van der Waals surface area contributed by atoms with E-state index in [1.54, 1.807) is 0 Å². The second kappa shape index (κ2) is 5.51. The van der Waals surface area contributed by atoms with Gasteiger partial charge in [0.15, 0.2) is 0 Å². The molecule has 0 aliphatic carbocycles. The van der Waals surface area contributed by atoms with E-state index in [1.165, 1.54) is 18.2 Å². The third-order valence-electron chi connectivity index (χ3n) is 1.74. The molecule has 1 aromatic rings. The molecular formula is C11H11ClFN. The van der Waals surface area contributed by atoms with Crippen LogP contribution in [0, 0.1) is 18.2 Å². The van der Waals surface area contributed by atoms with E-state index < -0.39 is 0 Å². The molecule has 1 aromatic carbocycles. The molecule has 0 spiro atoms. The molecule has 0 fully saturated rings. The maximum Gasteiger partial charge on any atom is 0.125 e. The van der Waals surface area contributed by atoms with E-state index in [0.717, 1.165) is 6.42 Å². The van der Waals surface area contributed by atoms with E-state index in [1.807, 2.05) is 0 Å². The fourth-order valence-electron chi connectivity index (χ4n) is 1.05. The minimum Gasteiger partial charge on any atom is -0.384 e. The maximum absolute atomic E-state index is 12.8. The average molecular weight is 212 g/mol. The van der Waals surface area contributed by atoms with Crippen molar-refractivity contribution in [3.8, 4) is 12.3 Å². The van der Waals surface area contributed by atoms with Gasteiger partial charge in [-0.3, -0.25) is 0 Å². The fraction of sp³-hybridized carbons (Fsp3) is 0.273. The van der Waals surface area contributed by atoms with Crippen molar-refractivity contribution in [1.82, 2.24) is 0 Å². The standard InChI is InChI=1S/C11H11ClFN/c1-2-3-4-7-14-11-8-9(13)5-6-10(11)12/h1,5-6,8,14H,3-4,7H2. The Labute approximate surface area is 88.3 Å². The van der Waals surface area contributed by atoms with Crippen molar-refractivity contribution >= 4 is 17.3 Å². The van der Waals surface area contributed by atoms with Gasteiger partial charge in [-0.2, -0.15) is 0 Å². The fourth-order valence-corrected chi connectivity index (χ4v) is 1.23. The van der Waals surface area contributed by atoms with Gasteiger partial charge in [0.25, 0.3) is 0 Å². The number of rotatable bonds is 4. The summed E-state index contributed by atoms with van der Waals surface area (Å²) in [6, 6.07) is 4.23. The third-order valence-corrected chi connectivity index (χ3v) is 2.07. The minimum absolute atomic E-state index is 0.297. The molecule has 0 aliphatic heterocycles. The Kier molecular flexibility index (Phi) is 4.28. The Morgan fingerprint density at radius 3 is 3.00 bits per heavy atom. The summed E-state index contributed by atoms with van der Waals surface area (Å²) in [5.74, 6) is 2.24. The Bertz CT molecular complexity index is 344. The molecule has 3 heteroatoms. The monoisotopic (exact) mass is 211 g/mol. The number of nitrogens with one attached hydrogen (secondary N) is 1. The van der Waals surface area contributed by atoms with Crippen molar-refractivity contribution in [2.24, 2.45) is 0 Å². The van der Waals surface area contributed by atoms with Crippen molar-refractivity contribution < 1.29 is 4.39 Å². The van der Waals surface area contributed by atoms with Gasteiger partial charge in [0.05, 0.1) is 10.7 Å². The maximum atomic E-state index is 12.8. The molecule has 0 bridgehead atoms. The molecule has 1 nitrogen and oxygen atoms in total. The first kappa shape index (κ1) is 10.9. The van der Waals surface area contributed by atoms with Gasteiger partial charge in [-0.25, -0.2) is 4.39 Å². The lowest BCUT2D eigenvalue weighted by Crippen LogP contribution is -2.01. The Morgan fingerprint density at radius 1 is 1.50 bits per heavy atom. The number of anilines is 1. The number of unbranched alkanes of at least 4 members (excludes halogenated alkanes) is 1. The number of terminal acetylenes is 1. The highest BCUT2D eigenvalue weighted by molar-refractivity contribution is 6.33. The van der Waals surface area contributed by atoms with Gasteiger partial charge in [0.1, 0.15) is 5.82 Å². The summed E-state index contributed by atoms with van der Waals surface area (Å²) >= 11 is 5.84. The van der Waals surface area contributed by atoms with E-state index in [2.05, 4.69) is 11.2 Å². The topological polar surface area (TPSA) is 12.0 Å². The highest BCUT2D eigenvalue weighted by Crippen LogP contribution is 2.22. The minimum atomic E-state index is -0.297. The quantitative estimate of drug-likeness (QED) is 0.595. The smallest absolute Gasteiger partial charge is 0.125 e. The molecule has 1 rings (SSSR count). The summed E-state index contributed by atoms with van der Waals surface area (Å²) in [4.78, 5) is 0. The predicted molar refractivity (Wildman–Crippen MR) is 58.0 cm³/mol. The van der Waals surface area contributed by atoms with E-state index in [0.29, 0.717) is 23.7 Å². The summed E-state index contributed by atoms with van der Waals surface area (Å²) in [6.07, 6.45) is 6.66. The van der Waals surface area contributed by atoms with Gasteiger partial charge in [-0.15, -0.1) is 12.3 Å². The van der Waals surface area contributed by atoms with Crippen LogP contribution in [0.25, 0.3) is 0 Å². The highest BCUT2D eigenvalue weighted by Gasteiger charge is 2.00. The second-order valence-corrected chi connectivity index (χ2v) is 3.27. The van der Waals surface area contributed by atoms with E-state index in [4.69, 9.17) is 18.0 Å². The van der Waals surface area contributed by atoms with Crippen LogP contribution in [0.5, 0.6) is 0 Å². The lowest BCUT2D eigenvalue weighted by molar-refractivity contribution is 0.628. The first-order valence-corrected chi connectivity index (χ1v) is 4.74. The van der Waals surface area contributed by atoms with Gasteiger partial charge in [-0.1, -0.05) is 11.6 Å². The van der Waals surface area contributed by atoms with E-state index in [-0.39, 0.29) is 5.82 Å². The Morgan fingerprint density at radius 2 is 2.29 bits per heavy atom. The third kappa shape index (κ3) is 3.27. The van der Waals surface area contributed by atoms with Crippen molar-refractivity contribution in [2.75, 3.05) is 11.9 Å². The van der Waals surface area contributed by atoms with Crippen LogP contribution < -0.4 is 5.32 Å². The molecule has 0 saturated carbocycles. The van der Waals surface area contributed by atoms with Crippen LogP contribution >= 0.6 is 11.6 Å². The molecule has 74 valence electrons. The summed E-state index contributed by atoms with van der Waals surface area (Å²) in [5.41, 5.74) is 0.615.